The maximum Gasteiger partial charge on any atom is 0.0870 e. The molecule has 2 aliphatic rings. The molecule has 116 valence electrons. The van der Waals surface area contributed by atoms with Crippen molar-refractivity contribution in [3.05, 3.63) is 35.9 Å². The molecule has 1 saturated heterocycles. The normalized spacial score (nSPS) is 28.2. The highest BCUT2D eigenvalue weighted by molar-refractivity contribution is 6.78. The fourth-order valence-corrected chi connectivity index (χ4v) is 6.16. The quantitative estimate of drug-likeness (QED) is 0.613. The number of rotatable bonds is 7. The third-order valence-corrected chi connectivity index (χ3v) is 7.68. The van der Waals surface area contributed by atoms with Gasteiger partial charge in [0.1, 0.15) is 0 Å². The van der Waals surface area contributed by atoms with Gasteiger partial charge < -0.3 is 9.84 Å². The van der Waals surface area contributed by atoms with Crippen LogP contribution in [0.5, 0.6) is 0 Å². The number of hydrogen-bond donors (Lipinski definition) is 1. The summed E-state index contributed by atoms with van der Waals surface area (Å²) >= 11 is 0. The van der Waals surface area contributed by atoms with E-state index in [1.165, 1.54) is 18.4 Å². The van der Waals surface area contributed by atoms with E-state index < -0.39 is 8.07 Å². The van der Waals surface area contributed by atoms with Crippen LogP contribution in [0, 0.1) is 5.92 Å². The summed E-state index contributed by atoms with van der Waals surface area (Å²) in [6.45, 7) is 7.12. The molecule has 3 rings (SSSR count). The number of hydrogen-bond acceptors (Lipinski definition) is 2. The first-order chi connectivity index (χ1) is 9.97. The van der Waals surface area contributed by atoms with E-state index in [1.54, 1.807) is 0 Å². The van der Waals surface area contributed by atoms with Crippen molar-refractivity contribution in [1.29, 1.82) is 0 Å². The van der Waals surface area contributed by atoms with Gasteiger partial charge in [-0.2, -0.15) is 0 Å². The zero-order valence-corrected chi connectivity index (χ0v) is 14.5. The number of epoxide rings is 1. The molecule has 0 spiro atoms. The molecule has 0 bridgehead atoms. The Hall–Kier alpha value is -0.643. The molecule has 1 aliphatic carbocycles. The molecule has 0 unspecified atom stereocenters. The zero-order valence-electron chi connectivity index (χ0n) is 13.5. The molecule has 4 atom stereocenters. The molecular weight excluding hydrogens is 276 g/mol. The molecule has 2 nitrogen and oxygen atoms in total. The first-order valence-corrected chi connectivity index (χ1v) is 11.9. The molecule has 1 heterocycles. The Morgan fingerprint density at radius 3 is 2.43 bits per heavy atom. The fraction of sp³-hybridized carbons (Fsp3) is 0.667. The largest absolute Gasteiger partial charge is 0.393 e. The first-order valence-electron chi connectivity index (χ1n) is 8.34. The molecule has 1 N–H and O–H groups in total. The van der Waals surface area contributed by atoms with Gasteiger partial charge in [-0.1, -0.05) is 50.0 Å². The highest BCUT2D eigenvalue weighted by Gasteiger charge is 2.54. The second kappa shape index (κ2) is 5.86. The van der Waals surface area contributed by atoms with Crippen molar-refractivity contribution in [2.75, 3.05) is 0 Å². The fourth-order valence-electron chi connectivity index (χ4n) is 3.59. The number of aryl methyl sites for hydroxylation is 1. The van der Waals surface area contributed by atoms with Crippen molar-refractivity contribution < 1.29 is 9.84 Å². The minimum Gasteiger partial charge on any atom is -0.393 e. The first kappa shape index (κ1) is 15.3. The van der Waals surface area contributed by atoms with Crippen LogP contribution >= 0.6 is 0 Å². The summed E-state index contributed by atoms with van der Waals surface area (Å²) in [6, 6.07) is 10.6. The van der Waals surface area contributed by atoms with Gasteiger partial charge in [-0.05, 0) is 37.2 Å². The molecule has 1 aliphatic heterocycles. The molecule has 0 radical (unpaired) electrons. The average molecular weight is 305 g/mol. The van der Waals surface area contributed by atoms with E-state index in [9.17, 15) is 5.11 Å². The molecule has 1 saturated carbocycles. The summed E-state index contributed by atoms with van der Waals surface area (Å²) in [4.78, 5) is 0. The lowest BCUT2D eigenvalue weighted by Crippen LogP contribution is -2.41. The van der Waals surface area contributed by atoms with E-state index in [0.29, 0.717) is 23.7 Å². The Bertz CT molecular complexity index is 464. The Balaban J connectivity index is 1.56. The van der Waals surface area contributed by atoms with E-state index in [0.717, 1.165) is 12.8 Å². The van der Waals surface area contributed by atoms with Gasteiger partial charge in [-0.25, -0.2) is 0 Å². The number of ether oxygens (including phenoxy) is 1. The molecule has 3 heteroatoms. The van der Waals surface area contributed by atoms with Crippen LogP contribution in [0.1, 0.15) is 24.8 Å². The highest BCUT2D eigenvalue weighted by atomic mass is 28.3. The smallest absolute Gasteiger partial charge is 0.0870 e. The SMILES string of the molecule is C[Si](C)(C)[C@@H]([C@H]1O[C@@H]1CCc1ccccc1)[C@H](O)C1CC1. The minimum absolute atomic E-state index is 0.122. The maximum absolute atomic E-state index is 10.7. The minimum atomic E-state index is -1.40. The summed E-state index contributed by atoms with van der Waals surface area (Å²) < 4.78 is 6.00. The van der Waals surface area contributed by atoms with Gasteiger partial charge in [0, 0.05) is 5.54 Å². The molecule has 21 heavy (non-hydrogen) atoms. The van der Waals surface area contributed by atoms with Gasteiger partial charge in [0.15, 0.2) is 0 Å². The van der Waals surface area contributed by atoms with Crippen LogP contribution in [0.25, 0.3) is 0 Å². The van der Waals surface area contributed by atoms with Crippen molar-refractivity contribution in [3.63, 3.8) is 0 Å². The Kier molecular flexibility index (Phi) is 4.26. The van der Waals surface area contributed by atoms with Crippen LogP contribution in [-0.4, -0.2) is 31.5 Å². The zero-order chi connectivity index (χ0) is 15.0. The van der Waals surface area contributed by atoms with Gasteiger partial charge in [0.2, 0.25) is 0 Å². The Morgan fingerprint density at radius 2 is 1.86 bits per heavy atom. The van der Waals surface area contributed by atoms with Crippen molar-refractivity contribution in [2.24, 2.45) is 5.92 Å². The van der Waals surface area contributed by atoms with E-state index >= 15 is 0 Å². The third kappa shape index (κ3) is 3.76. The van der Waals surface area contributed by atoms with Gasteiger partial charge >= 0.3 is 0 Å². The van der Waals surface area contributed by atoms with Gasteiger partial charge in [0.05, 0.1) is 26.4 Å². The maximum atomic E-state index is 10.7. The molecule has 1 aromatic carbocycles. The summed E-state index contributed by atoms with van der Waals surface area (Å²) in [5.74, 6) is 0.556. The van der Waals surface area contributed by atoms with Crippen LogP contribution in [0.3, 0.4) is 0 Å². The number of aliphatic hydroxyl groups excluding tert-OH is 1. The molecular formula is C18H28O2Si. The standard InChI is InChI=1S/C18H28O2Si/c1-21(2,3)18(16(19)14-10-11-14)17-15(20-17)12-9-13-7-5-4-6-8-13/h4-8,14-19H,9-12H2,1-3H3/t15-,16-,17+,18-/m1/s1. The van der Waals surface area contributed by atoms with Gasteiger partial charge in [-0.3, -0.25) is 0 Å². The molecule has 2 fully saturated rings. The Labute approximate surface area is 129 Å². The topological polar surface area (TPSA) is 32.8 Å². The van der Waals surface area contributed by atoms with Crippen molar-refractivity contribution in [1.82, 2.24) is 0 Å². The van der Waals surface area contributed by atoms with Crippen molar-refractivity contribution in [3.8, 4) is 0 Å². The van der Waals surface area contributed by atoms with E-state index in [1.807, 2.05) is 0 Å². The number of benzene rings is 1. The van der Waals surface area contributed by atoms with Gasteiger partial charge in [0.25, 0.3) is 0 Å². The lowest BCUT2D eigenvalue weighted by Gasteiger charge is -2.32. The van der Waals surface area contributed by atoms with Crippen molar-refractivity contribution in [2.45, 2.75) is 69.2 Å². The average Bonchev–Trinajstić information content (AvgIpc) is 3.31. The number of aliphatic hydroxyl groups is 1. The van der Waals surface area contributed by atoms with E-state index in [-0.39, 0.29) is 6.10 Å². The lowest BCUT2D eigenvalue weighted by molar-refractivity contribution is 0.127. The molecule has 1 aromatic rings. The second-order valence-corrected chi connectivity index (χ2v) is 13.3. The monoisotopic (exact) mass is 304 g/mol. The van der Waals surface area contributed by atoms with Gasteiger partial charge in [-0.15, -0.1) is 0 Å². The Morgan fingerprint density at radius 1 is 1.19 bits per heavy atom. The second-order valence-electron chi connectivity index (χ2n) is 7.88. The van der Waals surface area contributed by atoms with Crippen LogP contribution < -0.4 is 0 Å². The van der Waals surface area contributed by atoms with Crippen LogP contribution in [0.2, 0.25) is 25.2 Å². The summed E-state index contributed by atoms with van der Waals surface area (Å²) in [5, 5.41) is 10.7. The summed E-state index contributed by atoms with van der Waals surface area (Å²) in [5.41, 5.74) is 1.80. The summed E-state index contributed by atoms with van der Waals surface area (Å²) in [7, 11) is -1.40. The van der Waals surface area contributed by atoms with E-state index in [2.05, 4.69) is 50.0 Å². The van der Waals surface area contributed by atoms with E-state index in [4.69, 9.17) is 4.74 Å². The highest BCUT2D eigenvalue weighted by Crippen LogP contribution is 2.49. The van der Waals surface area contributed by atoms with Crippen LogP contribution in [0.15, 0.2) is 30.3 Å². The van der Waals surface area contributed by atoms with Crippen LogP contribution in [-0.2, 0) is 11.2 Å². The van der Waals surface area contributed by atoms with Crippen molar-refractivity contribution >= 4 is 8.07 Å². The predicted molar refractivity (Wildman–Crippen MR) is 89.3 cm³/mol. The molecule has 0 amide bonds. The third-order valence-electron chi connectivity index (χ3n) is 5.01. The lowest BCUT2D eigenvalue weighted by atomic mass is 10.0. The molecule has 0 aromatic heterocycles. The predicted octanol–water partition coefficient (Wildman–Crippen LogP) is 3.87. The van der Waals surface area contributed by atoms with Crippen LogP contribution in [0.4, 0.5) is 0 Å². The summed E-state index contributed by atoms with van der Waals surface area (Å²) in [6.07, 6.45) is 5.16.